The van der Waals surface area contributed by atoms with Gasteiger partial charge in [0.15, 0.2) is 5.82 Å². The van der Waals surface area contributed by atoms with Crippen LogP contribution in [0.2, 0.25) is 0 Å². The number of nitriles is 1. The Labute approximate surface area is 94.3 Å². The van der Waals surface area contributed by atoms with Gasteiger partial charge in [0, 0.05) is 6.20 Å². The van der Waals surface area contributed by atoms with Gasteiger partial charge in [-0.1, -0.05) is 0 Å². The molecule has 0 fully saturated rings. The zero-order valence-corrected chi connectivity index (χ0v) is 9.14. The maximum Gasteiger partial charge on any atom is 0.171 e. The topological polar surface area (TPSA) is 80.5 Å². The van der Waals surface area contributed by atoms with E-state index in [2.05, 4.69) is 26.0 Å². The Morgan fingerprint density at radius 1 is 1.47 bits per heavy atom. The molecule has 0 aliphatic heterocycles. The van der Waals surface area contributed by atoms with Gasteiger partial charge in [0.25, 0.3) is 0 Å². The molecule has 2 aromatic heterocycles. The average Bonchev–Trinajstić information content (AvgIpc) is 2.64. The molecular weight excluding hydrogens is 258 g/mol. The number of nitrogens with zero attached hydrogens (tertiary/aromatic N) is 4. The molecule has 0 aliphatic carbocycles. The molecule has 5 nitrogen and oxygen atoms in total. The number of rotatable bonds is 1. The molecule has 0 unspecified atom stereocenters. The van der Waals surface area contributed by atoms with Crippen molar-refractivity contribution in [3.8, 4) is 11.9 Å². The van der Waals surface area contributed by atoms with Crippen molar-refractivity contribution in [2.75, 3.05) is 5.73 Å². The number of aromatic nitrogens is 3. The van der Waals surface area contributed by atoms with Crippen molar-refractivity contribution >= 4 is 21.6 Å². The van der Waals surface area contributed by atoms with Crippen LogP contribution >= 0.6 is 15.9 Å². The van der Waals surface area contributed by atoms with Gasteiger partial charge in [-0.05, 0) is 22.0 Å². The Balaban J connectivity index is 2.58. The SMILES string of the molecule is N#Cc1cc(N)cnc1-n1cc(Br)cn1. The maximum atomic E-state index is 8.91. The smallest absolute Gasteiger partial charge is 0.171 e. The molecule has 0 bridgehead atoms. The molecule has 0 aliphatic rings. The van der Waals surface area contributed by atoms with E-state index in [1.54, 1.807) is 18.5 Å². The summed E-state index contributed by atoms with van der Waals surface area (Å²) in [7, 11) is 0. The Bertz CT molecular complexity index is 540. The van der Waals surface area contributed by atoms with Crippen molar-refractivity contribution < 1.29 is 0 Å². The summed E-state index contributed by atoms with van der Waals surface area (Å²) in [4.78, 5) is 4.06. The monoisotopic (exact) mass is 263 g/mol. The first-order valence-corrected chi connectivity index (χ1v) is 4.86. The Morgan fingerprint density at radius 2 is 2.27 bits per heavy atom. The van der Waals surface area contributed by atoms with Gasteiger partial charge < -0.3 is 5.73 Å². The van der Waals surface area contributed by atoms with E-state index in [0.29, 0.717) is 17.1 Å². The predicted octanol–water partition coefficient (Wildman–Crippen LogP) is 1.48. The van der Waals surface area contributed by atoms with Crippen LogP contribution in [0.25, 0.3) is 5.82 Å². The molecule has 0 spiro atoms. The molecule has 0 aromatic carbocycles. The highest BCUT2D eigenvalue weighted by atomic mass is 79.9. The average molecular weight is 264 g/mol. The van der Waals surface area contributed by atoms with Crippen molar-refractivity contribution in [3.05, 3.63) is 34.7 Å². The van der Waals surface area contributed by atoms with Crippen molar-refractivity contribution in [2.24, 2.45) is 0 Å². The van der Waals surface area contributed by atoms with E-state index >= 15 is 0 Å². The standard InChI is InChI=1S/C9H6BrN5/c10-7-3-14-15(5-7)9-6(2-11)1-8(12)4-13-9/h1,3-5H,12H2. The zero-order chi connectivity index (χ0) is 10.8. The van der Waals surface area contributed by atoms with Crippen molar-refractivity contribution in [1.29, 1.82) is 5.26 Å². The van der Waals surface area contributed by atoms with Gasteiger partial charge >= 0.3 is 0 Å². The zero-order valence-electron chi connectivity index (χ0n) is 7.55. The summed E-state index contributed by atoms with van der Waals surface area (Å²) in [5.74, 6) is 0.470. The van der Waals surface area contributed by atoms with Gasteiger partial charge in [-0.3, -0.25) is 0 Å². The quantitative estimate of drug-likeness (QED) is 0.845. The van der Waals surface area contributed by atoms with E-state index < -0.39 is 0 Å². The third kappa shape index (κ3) is 1.82. The van der Waals surface area contributed by atoms with Crippen molar-refractivity contribution in [2.45, 2.75) is 0 Å². The van der Waals surface area contributed by atoms with Crippen LogP contribution in [0.15, 0.2) is 29.1 Å². The lowest BCUT2D eigenvalue weighted by atomic mass is 10.2. The van der Waals surface area contributed by atoms with Crippen LogP contribution in [-0.2, 0) is 0 Å². The minimum absolute atomic E-state index is 0.394. The minimum Gasteiger partial charge on any atom is -0.397 e. The van der Waals surface area contributed by atoms with E-state index in [4.69, 9.17) is 11.0 Å². The van der Waals surface area contributed by atoms with Crippen LogP contribution < -0.4 is 5.73 Å². The van der Waals surface area contributed by atoms with Gasteiger partial charge in [0.1, 0.15) is 6.07 Å². The molecule has 2 rings (SSSR count). The fourth-order valence-corrected chi connectivity index (χ4v) is 1.44. The molecule has 6 heteroatoms. The Kier molecular flexibility index (Phi) is 2.39. The lowest BCUT2D eigenvalue weighted by molar-refractivity contribution is 0.843. The van der Waals surface area contributed by atoms with Crippen LogP contribution in [0.4, 0.5) is 5.69 Å². The molecule has 2 N–H and O–H groups in total. The van der Waals surface area contributed by atoms with Crippen LogP contribution in [0.5, 0.6) is 0 Å². The highest BCUT2D eigenvalue weighted by Crippen LogP contribution is 2.15. The minimum atomic E-state index is 0.394. The summed E-state index contributed by atoms with van der Waals surface area (Å²) in [5.41, 5.74) is 6.39. The first kappa shape index (κ1) is 9.68. The summed E-state index contributed by atoms with van der Waals surface area (Å²) in [6.07, 6.45) is 4.84. The second kappa shape index (κ2) is 3.71. The predicted molar refractivity (Wildman–Crippen MR) is 58.2 cm³/mol. The lowest BCUT2D eigenvalue weighted by Gasteiger charge is -2.02. The number of nitrogen functional groups attached to an aromatic ring is 1. The van der Waals surface area contributed by atoms with Crippen molar-refractivity contribution in [3.63, 3.8) is 0 Å². The number of halogens is 1. The highest BCUT2D eigenvalue weighted by molar-refractivity contribution is 9.10. The van der Waals surface area contributed by atoms with E-state index in [1.807, 2.05) is 6.07 Å². The molecule has 0 atom stereocenters. The van der Waals surface area contributed by atoms with E-state index in [9.17, 15) is 0 Å². The van der Waals surface area contributed by atoms with Gasteiger partial charge in [0.2, 0.25) is 0 Å². The molecule has 2 heterocycles. The highest BCUT2D eigenvalue weighted by Gasteiger charge is 2.07. The summed E-state index contributed by atoms with van der Waals surface area (Å²) in [6, 6.07) is 3.59. The summed E-state index contributed by atoms with van der Waals surface area (Å²) < 4.78 is 2.34. The summed E-state index contributed by atoms with van der Waals surface area (Å²) in [6.45, 7) is 0. The molecule has 74 valence electrons. The molecule has 0 saturated carbocycles. The van der Waals surface area contributed by atoms with Gasteiger partial charge in [-0.15, -0.1) is 0 Å². The number of pyridine rings is 1. The van der Waals surface area contributed by atoms with Gasteiger partial charge in [-0.2, -0.15) is 10.4 Å². The van der Waals surface area contributed by atoms with Gasteiger partial charge in [-0.25, -0.2) is 9.67 Å². The normalized spacial score (nSPS) is 9.87. The van der Waals surface area contributed by atoms with Crippen molar-refractivity contribution in [1.82, 2.24) is 14.8 Å². The molecule has 0 saturated heterocycles. The molecule has 2 aromatic rings. The Hall–Kier alpha value is -1.87. The maximum absolute atomic E-state index is 8.91. The number of hydrogen-bond acceptors (Lipinski definition) is 4. The molecule has 15 heavy (non-hydrogen) atoms. The summed E-state index contributed by atoms with van der Waals surface area (Å²) >= 11 is 3.27. The number of nitrogens with two attached hydrogens (primary N) is 1. The van der Waals surface area contributed by atoms with E-state index in [0.717, 1.165) is 4.47 Å². The second-order valence-corrected chi connectivity index (χ2v) is 3.77. The fraction of sp³-hybridized carbons (Fsp3) is 0. The Morgan fingerprint density at radius 3 is 2.87 bits per heavy atom. The summed E-state index contributed by atoms with van der Waals surface area (Å²) in [5, 5.41) is 13.0. The molecule has 0 amide bonds. The van der Waals surface area contributed by atoms with Crippen LogP contribution in [0.3, 0.4) is 0 Å². The van der Waals surface area contributed by atoms with E-state index in [1.165, 1.54) is 10.9 Å². The first-order chi connectivity index (χ1) is 7.20. The number of hydrogen-bond donors (Lipinski definition) is 1. The van der Waals surface area contributed by atoms with Crippen LogP contribution in [-0.4, -0.2) is 14.8 Å². The van der Waals surface area contributed by atoms with Gasteiger partial charge in [0.05, 0.1) is 28.1 Å². The first-order valence-electron chi connectivity index (χ1n) is 4.07. The molecule has 0 radical (unpaired) electrons. The fourth-order valence-electron chi connectivity index (χ4n) is 1.16. The lowest BCUT2D eigenvalue weighted by Crippen LogP contribution is -2.02. The van der Waals surface area contributed by atoms with Crippen LogP contribution in [0.1, 0.15) is 5.56 Å². The largest absolute Gasteiger partial charge is 0.397 e. The molecular formula is C9H6BrN5. The third-order valence-electron chi connectivity index (χ3n) is 1.78. The van der Waals surface area contributed by atoms with E-state index in [-0.39, 0.29) is 0 Å². The second-order valence-electron chi connectivity index (χ2n) is 2.85. The van der Waals surface area contributed by atoms with Crippen LogP contribution in [0, 0.1) is 11.3 Å². The third-order valence-corrected chi connectivity index (χ3v) is 2.19. The number of anilines is 1.